The number of ether oxygens (including phenoxy) is 3. The van der Waals surface area contributed by atoms with Crippen LogP contribution < -0.4 is 9.47 Å². The van der Waals surface area contributed by atoms with E-state index in [1.54, 1.807) is 18.2 Å². The predicted octanol–water partition coefficient (Wildman–Crippen LogP) is 3.12. The van der Waals surface area contributed by atoms with E-state index in [-0.39, 0.29) is 24.8 Å². The quantitative estimate of drug-likeness (QED) is 0.833. The first-order valence-corrected chi connectivity index (χ1v) is 8.58. The fraction of sp³-hybridized carbons (Fsp3) is 0.611. The highest BCUT2D eigenvalue weighted by Gasteiger charge is 2.37. The zero-order chi connectivity index (χ0) is 17.9. The molecule has 1 amide bonds. The van der Waals surface area contributed by atoms with Gasteiger partial charge in [0.25, 0.3) is 11.8 Å². The molecule has 1 heterocycles. The highest BCUT2D eigenvalue weighted by molar-refractivity contribution is 5.97. The molecule has 2 aliphatic rings. The number of alkyl halides is 2. The summed E-state index contributed by atoms with van der Waals surface area (Å²) in [5.74, 6) is -2.56. The third kappa shape index (κ3) is 4.39. The van der Waals surface area contributed by atoms with Gasteiger partial charge in [-0.25, -0.2) is 8.78 Å². The maximum atomic E-state index is 13.8. The van der Waals surface area contributed by atoms with Crippen LogP contribution in [0.2, 0.25) is 0 Å². The van der Waals surface area contributed by atoms with Gasteiger partial charge in [0, 0.05) is 12.6 Å². The van der Waals surface area contributed by atoms with Crippen molar-refractivity contribution in [2.45, 2.75) is 37.7 Å². The summed E-state index contributed by atoms with van der Waals surface area (Å²) >= 11 is 0. The molecule has 0 unspecified atom stereocenters. The van der Waals surface area contributed by atoms with Crippen molar-refractivity contribution < 1.29 is 27.8 Å². The molecule has 0 radical (unpaired) electrons. The summed E-state index contributed by atoms with van der Waals surface area (Å²) < 4.78 is 43.6. The lowest BCUT2D eigenvalue weighted by atomic mass is 10.1. The molecule has 1 aromatic rings. The van der Waals surface area contributed by atoms with Crippen LogP contribution in [0.1, 0.15) is 36.0 Å². The van der Waals surface area contributed by atoms with E-state index in [0.717, 1.165) is 30.6 Å². The molecule has 25 heavy (non-hydrogen) atoms. The number of amides is 1. The molecule has 5 nitrogen and oxygen atoms in total. The highest BCUT2D eigenvalue weighted by Crippen LogP contribution is 2.31. The van der Waals surface area contributed by atoms with Gasteiger partial charge >= 0.3 is 0 Å². The molecule has 1 saturated carbocycles. The molecule has 1 saturated heterocycles. The smallest absolute Gasteiger partial charge is 0.288 e. The summed E-state index contributed by atoms with van der Waals surface area (Å²) in [4.78, 5) is 14.0. The largest absolute Gasteiger partial charge is 0.497 e. The maximum Gasteiger partial charge on any atom is 0.288 e. The Morgan fingerprint density at radius 3 is 2.80 bits per heavy atom. The van der Waals surface area contributed by atoms with Crippen LogP contribution in [0.4, 0.5) is 8.78 Å². The number of halogens is 2. The van der Waals surface area contributed by atoms with E-state index in [2.05, 4.69) is 0 Å². The standard InChI is InChI=1S/C18H23F2NO4/c1-23-14-6-7-15(16(10-14)25-13-4-2-3-5-13)17(22)21-8-9-24-12-18(19,20)11-21/h6-7,10,13H,2-5,8-9,11-12H2,1H3. The van der Waals surface area contributed by atoms with Crippen LogP contribution in [0, 0.1) is 0 Å². The molecule has 0 spiro atoms. The van der Waals surface area contributed by atoms with Crippen LogP contribution in [-0.2, 0) is 4.74 Å². The van der Waals surface area contributed by atoms with Gasteiger partial charge in [-0.1, -0.05) is 0 Å². The van der Waals surface area contributed by atoms with Crippen LogP contribution in [0.15, 0.2) is 18.2 Å². The molecule has 2 fully saturated rings. The maximum absolute atomic E-state index is 13.8. The van der Waals surface area contributed by atoms with E-state index >= 15 is 0 Å². The minimum Gasteiger partial charge on any atom is -0.497 e. The molecule has 0 bridgehead atoms. The zero-order valence-corrected chi connectivity index (χ0v) is 14.3. The summed E-state index contributed by atoms with van der Waals surface area (Å²) in [6.07, 6.45) is 4.09. The fourth-order valence-corrected chi connectivity index (χ4v) is 3.23. The molecule has 138 valence electrons. The minimum absolute atomic E-state index is 0.0487. The van der Waals surface area contributed by atoms with Crippen molar-refractivity contribution in [1.82, 2.24) is 4.90 Å². The van der Waals surface area contributed by atoms with Gasteiger partial charge in [0.05, 0.1) is 31.9 Å². The summed E-state index contributed by atoms with van der Waals surface area (Å²) in [6, 6.07) is 4.87. The molecule has 1 aliphatic heterocycles. The zero-order valence-electron chi connectivity index (χ0n) is 14.3. The second-order valence-corrected chi connectivity index (χ2v) is 6.52. The Balaban J connectivity index is 1.84. The SMILES string of the molecule is COc1ccc(C(=O)N2CCOCC(F)(F)C2)c(OC2CCCC2)c1. The molecular formula is C18H23F2NO4. The molecule has 7 heteroatoms. The molecule has 0 atom stereocenters. The second-order valence-electron chi connectivity index (χ2n) is 6.52. The van der Waals surface area contributed by atoms with Gasteiger partial charge < -0.3 is 19.1 Å². The van der Waals surface area contributed by atoms with Crippen molar-refractivity contribution in [1.29, 1.82) is 0 Å². The van der Waals surface area contributed by atoms with Crippen molar-refractivity contribution in [3.63, 3.8) is 0 Å². The van der Waals surface area contributed by atoms with Crippen molar-refractivity contribution in [3.05, 3.63) is 23.8 Å². The van der Waals surface area contributed by atoms with Gasteiger partial charge in [-0.15, -0.1) is 0 Å². The van der Waals surface area contributed by atoms with E-state index in [1.165, 1.54) is 7.11 Å². The van der Waals surface area contributed by atoms with E-state index in [1.807, 2.05) is 0 Å². The molecule has 1 aromatic carbocycles. The number of carbonyl (C=O) groups excluding carboxylic acids is 1. The Morgan fingerprint density at radius 2 is 2.08 bits per heavy atom. The van der Waals surface area contributed by atoms with Crippen molar-refractivity contribution in [3.8, 4) is 11.5 Å². The predicted molar refractivity (Wildman–Crippen MR) is 87.5 cm³/mol. The Bertz CT molecular complexity index is 617. The monoisotopic (exact) mass is 355 g/mol. The molecular weight excluding hydrogens is 332 g/mol. The first kappa shape index (κ1) is 17.9. The summed E-state index contributed by atoms with van der Waals surface area (Å²) in [5, 5.41) is 0. The van der Waals surface area contributed by atoms with E-state index in [4.69, 9.17) is 14.2 Å². The number of rotatable bonds is 4. The van der Waals surface area contributed by atoms with E-state index in [0.29, 0.717) is 11.5 Å². The van der Waals surface area contributed by atoms with Crippen molar-refractivity contribution in [2.24, 2.45) is 0 Å². The Morgan fingerprint density at radius 1 is 1.32 bits per heavy atom. The van der Waals surface area contributed by atoms with Gasteiger partial charge in [0.15, 0.2) is 0 Å². The van der Waals surface area contributed by atoms with Crippen LogP contribution in [-0.4, -0.2) is 56.2 Å². The fourth-order valence-electron chi connectivity index (χ4n) is 3.23. The summed E-state index contributed by atoms with van der Waals surface area (Å²) in [7, 11) is 1.53. The number of carbonyl (C=O) groups is 1. The first-order valence-electron chi connectivity index (χ1n) is 8.58. The third-order valence-corrected chi connectivity index (χ3v) is 4.54. The van der Waals surface area contributed by atoms with Crippen LogP contribution in [0.5, 0.6) is 11.5 Å². The number of benzene rings is 1. The average molecular weight is 355 g/mol. The normalized spacial score (nSPS) is 21.0. The van der Waals surface area contributed by atoms with Gasteiger partial charge in [0.2, 0.25) is 0 Å². The van der Waals surface area contributed by atoms with Gasteiger partial charge in [-0.05, 0) is 37.8 Å². The lowest BCUT2D eigenvalue weighted by molar-refractivity contribution is -0.0661. The molecule has 3 rings (SSSR count). The van der Waals surface area contributed by atoms with Crippen LogP contribution >= 0.6 is 0 Å². The van der Waals surface area contributed by atoms with E-state index in [9.17, 15) is 13.6 Å². The third-order valence-electron chi connectivity index (χ3n) is 4.54. The highest BCUT2D eigenvalue weighted by atomic mass is 19.3. The van der Waals surface area contributed by atoms with Crippen LogP contribution in [0.3, 0.4) is 0 Å². The summed E-state index contributed by atoms with van der Waals surface area (Å²) in [6.45, 7) is -1.09. The first-order chi connectivity index (χ1) is 12.0. The Kier molecular flexibility index (Phi) is 5.42. The number of methoxy groups -OCH3 is 1. The van der Waals surface area contributed by atoms with Gasteiger partial charge in [-0.3, -0.25) is 4.79 Å². The average Bonchev–Trinajstić information content (AvgIpc) is 3.02. The van der Waals surface area contributed by atoms with Gasteiger partial charge in [0.1, 0.15) is 18.1 Å². The van der Waals surface area contributed by atoms with Crippen molar-refractivity contribution >= 4 is 5.91 Å². The number of hydrogen-bond acceptors (Lipinski definition) is 4. The Hall–Kier alpha value is -1.89. The van der Waals surface area contributed by atoms with Crippen molar-refractivity contribution in [2.75, 3.05) is 33.4 Å². The van der Waals surface area contributed by atoms with Gasteiger partial charge in [-0.2, -0.15) is 0 Å². The van der Waals surface area contributed by atoms with E-state index < -0.39 is 25.0 Å². The lowest BCUT2D eigenvalue weighted by Gasteiger charge is -2.25. The molecule has 0 aromatic heterocycles. The number of nitrogens with zero attached hydrogens (tertiary/aromatic N) is 1. The topological polar surface area (TPSA) is 48.0 Å². The number of hydrogen-bond donors (Lipinski definition) is 0. The lowest BCUT2D eigenvalue weighted by Crippen LogP contribution is -2.41. The summed E-state index contributed by atoms with van der Waals surface area (Å²) in [5.41, 5.74) is 0.283. The molecule has 0 N–H and O–H groups in total. The van der Waals surface area contributed by atoms with Crippen LogP contribution in [0.25, 0.3) is 0 Å². The Labute approximate surface area is 145 Å². The minimum atomic E-state index is -3.05. The molecule has 1 aliphatic carbocycles. The second kappa shape index (κ2) is 7.56.